The van der Waals surface area contributed by atoms with Crippen molar-refractivity contribution < 1.29 is 14.3 Å². The second kappa shape index (κ2) is 8.88. The van der Waals surface area contributed by atoms with Crippen molar-refractivity contribution in [2.24, 2.45) is 5.73 Å². The summed E-state index contributed by atoms with van der Waals surface area (Å²) in [4.78, 5) is 14.3. The number of benzene rings is 1. The van der Waals surface area contributed by atoms with Gasteiger partial charge in [-0.3, -0.25) is 4.79 Å². The van der Waals surface area contributed by atoms with Gasteiger partial charge < -0.3 is 20.1 Å². The summed E-state index contributed by atoms with van der Waals surface area (Å²) in [6, 6.07) is 8.96. The molecule has 0 aliphatic carbocycles. The minimum Gasteiger partial charge on any atom is -0.385 e. The Kier molecular flexibility index (Phi) is 6.83. The lowest BCUT2D eigenvalue weighted by Crippen LogP contribution is -2.45. The van der Waals surface area contributed by atoms with Crippen molar-refractivity contribution in [2.75, 3.05) is 33.4 Å². The van der Waals surface area contributed by atoms with Crippen molar-refractivity contribution in [3.63, 3.8) is 0 Å². The van der Waals surface area contributed by atoms with E-state index in [1.54, 1.807) is 7.11 Å². The molecule has 1 aromatic rings. The van der Waals surface area contributed by atoms with Crippen LogP contribution < -0.4 is 5.73 Å². The number of methoxy groups -OCH3 is 1. The molecule has 1 heterocycles. The molecule has 0 spiro atoms. The number of rotatable bonds is 7. The fourth-order valence-electron chi connectivity index (χ4n) is 2.70. The molecule has 1 aliphatic rings. The van der Waals surface area contributed by atoms with Crippen LogP contribution in [0, 0.1) is 0 Å². The largest absolute Gasteiger partial charge is 0.385 e. The summed E-state index contributed by atoms with van der Waals surface area (Å²) in [5.74, 6) is 0.00373. The van der Waals surface area contributed by atoms with Crippen LogP contribution in [0.3, 0.4) is 0 Å². The smallest absolute Gasteiger partial charge is 0.244 e. The minimum atomic E-state index is -0.569. The van der Waals surface area contributed by atoms with Gasteiger partial charge in [-0.05, 0) is 24.8 Å². The van der Waals surface area contributed by atoms with Gasteiger partial charge in [0.05, 0.1) is 6.10 Å². The molecule has 0 saturated carbocycles. The van der Waals surface area contributed by atoms with Gasteiger partial charge in [0.2, 0.25) is 5.91 Å². The van der Waals surface area contributed by atoms with Crippen molar-refractivity contribution in [1.82, 2.24) is 4.90 Å². The molecule has 1 aliphatic heterocycles. The Hall–Kier alpha value is -1.43. The van der Waals surface area contributed by atoms with Crippen LogP contribution in [0.1, 0.15) is 30.9 Å². The molecule has 122 valence electrons. The van der Waals surface area contributed by atoms with E-state index in [1.165, 1.54) is 0 Å². The van der Waals surface area contributed by atoms with Crippen LogP contribution in [0.25, 0.3) is 0 Å². The number of ether oxygens (including phenoxy) is 2. The number of carbonyl (C=O) groups is 1. The molecule has 1 fully saturated rings. The zero-order valence-electron chi connectivity index (χ0n) is 13.2. The molecule has 2 N–H and O–H groups in total. The topological polar surface area (TPSA) is 64.8 Å². The first-order chi connectivity index (χ1) is 10.7. The van der Waals surface area contributed by atoms with Crippen molar-refractivity contribution in [2.45, 2.75) is 31.4 Å². The molecule has 5 nitrogen and oxygen atoms in total. The molecule has 1 atom stereocenters. The fourth-order valence-corrected chi connectivity index (χ4v) is 2.70. The summed E-state index contributed by atoms with van der Waals surface area (Å²) in [6.07, 6.45) is 2.91. The van der Waals surface area contributed by atoms with Gasteiger partial charge in [0.25, 0.3) is 0 Å². The lowest BCUT2D eigenvalue weighted by molar-refractivity contribution is -0.135. The van der Waals surface area contributed by atoms with E-state index in [0.717, 1.165) is 38.0 Å². The van der Waals surface area contributed by atoms with Crippen LogP contribution in [0.2, 0.25) is 0 Å². The number of carbonyl (C=O) groups excluding carboxylic acids is 1. The average molecular weight is 306 g/mol. The summed E-state index contributed by atoms with van der Waals surface area (Å²) < 4.78 is 10.8. The highest BCUT2D eigenvalue weighted by Crippen LogP contribution is 2.19. The lowest BCUT2D eigenvalue weighted by Gasteiger charge is -2.33. The van der Waals surface area contributed by atoms with Crippen molar-refractivity contribution in [1.29, 1.82) is 0 Å². The standard InChI is InChI=1S/C17H26N2O3/c1-21-12-5-13-22-15-8-10-19(11-9-15)17(20)16(18)14-6-3-2-4-7-14/h2-4,6-7,15-16H,5,8-13,18H2,1H3. The highest BCUT2D eigenvalue weighted by Gasteiger charge is 2.27. The second-order valence-electron chi connectivity index (χ2n) is 5.63. The van der Waals surface area contributed by atoms with Crippen LogP contribution >= 0.6 is 0 Å². The van der Waals surface area contributed by atoms with Crippen molar-refractivity contribution in [3.05, 3.63) is 35.9 Å². The maximum Gasteiger partial charge on any atom is 0.244 e. The van der Waals surface area contributed by atoms with E-state index < -0.39 is 6.04 Å². The zero-order valence-corrected chi connectivity index (χ0v) is 13.2. The molecular weight excluding hydrogens is 280 g/mol. The van der Waals surface area contributed by atoms with Gasteiger partial charge >= 0.3 is 0 Å². The first kappa shape index (κ1) is 16.9. The molecule has 0 radical (unpaired) electrons. The molecule has 2 rings (SSSR count). The Labute approximate surface area is 132 Å². The normalized spacial score (nSPS) is 17.5. The molecule has 22 heavy (non-hydrogen) atoms. The van der Waals surface area contributed by atoms with Crippen LogP contribution in [0.4, 0.5) is 0 Å². The van der Waals surface area contributed by atoms with Gasteiger partial charge in [-0.25, -0.2) is 0 Å². The summed E-state index contributed by atoms with van der Waals surface area (Å²) in [5.41, 5.74) is 6.95. The van der Waals surface area contributed by atoms with E-state index in [4.69, 9.17) is 15.2 Å². The Bertz CT molecular complexity index is 444. The Morgan fingerprint density at radius 2 is 1.95 bits per heavy atom. The molecule has 5 heteroatoms. The first-order valence-electron chi connectivity index (χ1n) is 7.92. The summed E-state index contributed by atoms with van der Waals surface area (Å²) in [5, 5.41) is 0. The molecule has 1 amide bonds. The number of piperidine rings is 1. The molecule has 1 aromatic carbocycles. The summed E-state index contributed by atoms with van der Waals surface area (Å²) in [7, 11) is 1.69. The molecule has 0 bridgehead atoms. The number of hydrogen-bond donors (Lipinski definition) is 1. The van der Waals surface area contributed by atoms with Crippen LogP contribution in [-0.4, -0.2) is 50.3 Å². The minimum absolute atomic E-state index is 0.00373. The quantitative estimate of drug-likeness (QED) is 0.779. The van der Waals surface area contributed by atoms with Crippen LogP contribution in [0.15, 0.2) is 30.3 Å². The zero-order chi connectivity index (χ0) is 15.8. The van der Waals surface area contributed by atoms with Gasteiger partial charge in [0.1, 0.15) is 6.04 Å². The maximum absolute atomic E-state index is 12.4. The van der Waals surface area contributed by atoms with Gasteiger partial charge in [-0.2, -0.15) is 0 Å². The van der Waals surface area contributed by atoms with Crippen LogP contribution in [-0.2, 0) is 14.3 Å². The first-order valence-corrected chi connectivity index (χ1v) is 7.92. The molecular formula is C17H26N2O3. The average Bonchev–Trinajstić information content (AvgIpc) is 2.59. The van der Waals surface area contributed by atoms with E-state index in [2.05, 4.69) is 0 Å². The number of nitrogens with two attached hydrogens (primary N) is 1. The summed E-state index contributed by atoms with van der Waals surface area (Å²) in [6.45, 7) is 2.88. The molecule has 0 aromatic heterocycles. The highest BCUT2D eigenvalue weighted by molar-refractivity contribution is 5.83. The Morgan fingerprint density at radius 1 is 1.27 bits per heavy atom. The Balaban J connectivity index is 1.75. The predicted molar refractivity (Wildman–Crippen MR) is 85.4 cm³/mol. The predicted octanol–water partition coefficient (Wildman–Crippen LogP) is 1.73. The monoisotopic (exact) mass is 306 g/mol. The Morgan fingerprint density at radius 3 is 2.59 bits per heavy atom. The number of amides is 1. The van der Waals surface area contributed by atoms with Gasteiger partial charge in [0.15, 0.2) is 0 Å². The summed E-state index contributed by atoms with van der Waals surface area (Å²) >= 11 is 0. The molecule has 1 saturated heterocycles. The third-order valence-electron chi connectivity index (χ3n) is 4.02. The third kappa shape index (κ3) is 4.80. The van der Waals surface area contributed by atoms with E-state index in [0.29, 0.717) is 13.1 Å². The van der Waals surface area contributed by atoms with E-state index in [9.17, 15) is 4.79 Å². The van der Waals surface area contributed by atoms with Gasteiger partial charge in [-0.15, -0.1) is 0 Å². The van der Waals surface area contributed by atoms with Crippen molar-refractivity contribution >= 4 is 5.91 Å². The van der Waals surface area contributed by atoms with Crippen molar-refractivity contribution in [3.8, 4) is 0 Å². The number of nitrogens with zero attached hydrogens (tertiary/aromatic N) is 1. The van der Waals surface area contributed by atoms with E-state index in [1.807, 2.05) is 35.2 Å². The SMILES string of the molecule is COCCCOC1CCN(C(=O)C(N)c2ccccc2)CC1. The number of hydrogen-bond acceptors (Lipinski definition) is 4. The maximum atomic E-state index is 12.4. The van der Waals surface area contributed by atoms with Crippen LogP contribution in [0.5, 0.6) is 0 Å². The highest BCUT2D eigenvalue weighted by atomic mass is 16.5. The fraction of sp³-hybridized carbons (Fsp3) is 0.588. The molecule has 1 unspecified atom stereocenters. The number of likely N-dealkylation sites (tertiary alicyclic amines) is 1. The lowest BCUT2D eigenvalue weighted by atomic mass is 10.0. The third-order valence-corrected chi connectivity index (χ3v) is 4.02. The van der Waals surface area contributed by atoms with Gasteiger partial charge in [-0.1, -0.05) is 30.3 Å². The van der Waals surface area contributed by atoms with Gasteiger partial charge in [0, 0.05) is 33.4 Å². The second-order valence-corrected chi connectivity index (χ2v) is 5.63. The van der Waals surface area contributed by atoms with E-state index in [-0.39, 0.29) is 12.0 Å². The van der Waals surface area contributed by atoms with E-state index >= 15 is 0 Å².